The molecule has 0 bridgehead atoms. The molecule has 8 rings (SSSR count). The molecule has 326 valence electrons. The van der Waals surface area contributed by atoms with E-state index in [9.17, 15) is 40.2 Å². The Labute approximate surface area is 355 Å². The average Bonchev–Trinajstić information content (AvgIpc) is 3.68. The van der Waals surface area contributed by atoms with Crippen LogP contribution in [0.5, 0.6) is 0 Å². The fourth-order valence-electron chi connectivity index (χ4n) is 17.4. The molecule has 8 saturated carbocycles. The van der Waals surface area contributed by atoms with Crippen molar-refractivity contribution in [1.29, 1.82) is 0 Å². The second-order valence-corrected chi connectivity index (χ2v) is 22.7. The van der Waals surface area contributed by atoms with Crippen LogP contribution >= 0.6 is 0 Å². The van der Waals surface area contributed by atoms with E-state index in [1.165, 1.54) is 51.4 Å². The molecular weight excluding hydrogens is 760 g/mol. The third kappa shape index (κ3) is 8.10. The Balaban J connectivity index is 0.000000189. The molecule has 8 aliphatic rings. The van der Waals surface area contributed by atoms with Gasteiger partial charge in [-0.05, 0) is 221 Å². The summed E-state index contributed by atoms with van der Waals surface area (Å²) in [4.78, 5) is 21.9. The number of fused-ring (bicyclic) bond motifs is 10. The van der Waals surface area contributed by atoms with Gasteiger partial charge in [0.15, 0.2) is 0 Å². The van der Waals surface area contributed by atoms with Crippen molar-refractivity contribution >= 4 is 11.9 Å². The van der Waals surface area contributed by atoms with Crippen LogP contribution in [0.1, 0.15) is 170 Å². The molecule has 0 aromatic heterocycles. The number of rotatable bonds is 8. The Bertz CT molecular complexity index is 1320. The summed E-state index contributed by atoms with van der Waals surface area (Å²) in [5, 5.41) is 64.7. The van der Waals surface area contributed by atoms with Gasteiger partial charge in [0.1, 0.15) is 0 Å². The Kier molecular flexibility index (Phi) is 13.8. The van der Waals surface area contributed by atoms with Crippen molar-refractivity contribution in [3.63, 3.8) is 0 Å². The van der Waals surface area contributed by atoms with Gasteiger partial charge in [0.25, 0.3) is 0 Å². The fraction of sp³-hybridized carbons (Fsp3) is 0.958. The van der Waals surface area contributed by atoms with Crippen molar-refractivity contribution in [2.75, 3.05) is 0 Å². The zero-order chi connectivity index (χ0) is 40.5. The summed E-state index contributed by atoms with van der Waals surface area (Å²) in [6, 6.07) is 0. The van der Waals surface area contributed by atoms with E-state index in [-0.39, 0.29) is 76.0 Å². The van der Waals surface area contributed by atoms with Crippen molar-refractivity contribution < 1.29 is 57.3 Å². The van der Waals surface area contributed by atoms with Crippen LogP contribution in [0.3, 0.4) is 0 Å². The van der Waals surface area contributed by atoms with Crippen LogP contribution < -0.4 is 10.2 Å². The minimum Gasteiger partial charge on any atom is -0.550 e. The summed E-state index contributed by atoms with van der Waals surface area (Å²) in [7, 11) is 0. The van der Waals surface area contributed by atoms with Crippen molar-refractivity contribution in [2.24, 2.45) is 92.7 Å². The number of carbonyl (C=O) groups excluding carboxylic acids is 2. The topological polar surface area (TPSA) is 161 Å². The molecule has 20 atom stereocenters. The molecule has 0 amide bonds. The summed E-state index contributed by atoms with van der Waals surface area (Å²) >= 11 is 0. The second-order valence-electron chi connectivity index (χ2n) is 22.7. The van der Waals surface area contributed by atoms with Gasteiger partial charge in [-0.1, -0.05) is 41.5 Å². The SMILES string of the molecule is C[C@H](CCC(=O)[O-])[C@H]1CCC2C3C(CC[C@@]21C)[C@@]1(C)CC[C@@H](O)CC1C[C@H]3O.C[C@H](CCC(=O)[O-])[C@H]1CCC2C3C(CC[C@@]21C)[C@@]1(C)CC[C@@H](O)CC1C[C@H]3O.[Fe+2]. The Morgan fingerprint density at radius 1 is 0.526 bits per heavy atom. The summed E-state index contributed by atoms with van der Waals surface area (Å²) in [6.45, 7) is 14.2. The summed E-state index contributed by atoms with van der Waals surface area (Å²) in [5.41, 5.74) is 0.988. The summed E-state index contributed by atoms with van der Waals surface area (Å²) < 4.78 is 0. The van der Waals surface area contributed by atoms with Gasteiger partial charge in [0.05, 0.1) is 24.4 Å². The minimum absolute atomic E-state index is 0. The quantitative estimate of drug-likeness (QED) is 0.208. The van der Waals surface area contributed by atoms with Gasteiger partial charge in [-0.15, -0.1) is 0 Å². The number of aliphatic hydroxyl groups is 4. The van der Waals surface area contributed by atoms with Crippen LogP contribution in [0.2, 0.25) is 0 Å². The van der Waals surface area contributed by atoms with E-state index in [4.69, 9.17) is 0 Å². The maximum Gasteiger partial charge on any atom is 2.00 e. The average molecular weight is 839 g/mol. The number of hydrogen-bond donors (Lipinski definition) is 4. The number of carboxylic acids is 2. The molecule has 4 N–H and O–H groups in total. The number of carboxylic acid groups (broad SMARTS) is 2. The zero-order valence-electron chi connectivity index (χ0n) is 36.2. The summed E-state index contributed by atoms with van der Waals surface area (Å²) in [6.07, 6.45) is 17.8. The first-order valence-electron chi connectivity index (χ1n) is 23.4. The first-order valence-corrected chi connectivity index (χ1v) is 23.4. The van der Waals surface area contributed by atoms with E-state index in [2.05, 4.69) is 41.5 Å². The van der Waals surface area contributed by atoms with Crippen molar-refractivity contribution in [3.8, 4) is 0 Å². The number of carbonyl (C=O) groups is 2. The van der Waals surface area contributed by atoms with Gasteiger partial charge in [-0.25, -0.2) is 0 Å². The van der Waals surface area contributed by atoms with E-state index in [1.54, 1.807) is 0 Å². The Morgan fingerprint density at radius 3 is 1.21 bits per heavy atom. The zero-order valence-corrected chi connectivity index (χ0v) is 37.3. The molecule has 9 heteroatoms. The van der Waals surface area contributed by atoms with Crippen LogP contribution in [0.25, 0.3) is 0 Å². The van der Waals surface area contributed by atoms with Gasteiger partial charge >= 0.3 is 17.1 Å². The van der Waals surface area contributed by atoms with E-state index < -0.39 is 11.9 Å². The molecule has 0 saturated heterocycles. The van der Waals surface area contributed by atoms with Gasteiger partial charge in [-0.3, -0.25) is 0 Å². The molecule has 0 heterocycles. The normalized spacial score (nSPS) is 50.8. The first kappa shape index (κ1) is 45.8. The van der Waals surface area contributed by atoms with Crippen molar-refractivity contribution in [2.45, 2.75) is 194 Å². The van der Waals surface area contributed by atoms with Gasteiger partial charge in [0.2, 0.25) is 0 Å². The maximum atomic E-state index is 11.2. The number of aliphatic carboxylic acids is 2. The molecule has 0 radical (unpaired) electrons. The predicted molar refractivity (Wildman–Crippen MR) is 212 cm³/mol. The fourth-order valence-corrected chi connectivity index (χ4v) is 17.4. The van der Waals surface area contributed by atoms with Crippen LogP contribution in [-0.4, -0.2) is 56.8 Å². The van der Waals surface area contributed by atoms with E-state index in [1.807, 2.05) is 0 Å². The molecule has 0 spiro atoms. The van der Waals surface area contributed by atoms with Crippen molar-refractivity contribution in [3.05, 3.63) is 0 Å². The van der Waals surface area contributed by atoms with Crippen molar-refractivity contribution in [1.82, 2.24) is 0 Å². The molecule has 0 aromatic rings. The summed E-state index contributed by atoms with van der Waals surface area (Å²) in [5.74, 6) is 3.99. The molecule has 8 nitrogen and oxygen atoms in total. The van der Waals surface area contributed by atoms with Gasteiger partial charge < -0.3 is 40.2 Å². The maximum absolute atomic E-state index is 11.2. The Hall–Kier alpha value is -0.701. The van der Waals surface area contributed by atoms with E-state index in [0.717, 1.165) is 51.4 Å². The smallest absolute Gasteiger partial charge is 0.550 e. The standard InChI is InChI=1S/2C24H40O4.Fe/c2*1-14(4-7-21(27)28)17-5-6-18-22-19(9-11-24(17,18)3)23(2)10-8-16(25)12-15(23)13-20(22)26;/h2*14-20,22,25-26H,4-13H2,1-3H3,(H,27,28);/q;;+2/p-2/t2*14-,15?,16-,17-,18?,19?,20-,22?,23+,24-;/m11./s1. The van der Waals surface area contributed by atoms with Gasteiger partial charge in [0, 0.05) is 11.9 Å². The second kappa shape index (κ2) is 17.2. The number of aliphatic hydroxyl groups excluding tert-OH is 4. The molecule has 8 unspecified atom stereocenters. The first-order chi connectivity index (χ1) is 26.3. The molecule has 57 heavy (non-hydrogen) atoms. The molecule has 8 fully saturated rings. The third-order valence-corrected chi connectivity index (χ3v) is 20.4. The Morgan fingerprint density at radius 2 is 0.860 bits per heavy atom. The molecule has 8 aliphatic carbocycles. The third-order valence-electron chi connectivity index (χ3n) is 20.4. The minimum atomic E-state index is -0.934. The monoisotopic (exact) mass is 839 g/mol. The van der Waals surface area contributed by atoms with E-state index in [0.29, 0.717) is 83.9 Å². The number of hydrogen-bond acceptors (Lipinski definition) is 8. The predicted octanol–water partition coefficient (Wildman–Crippen LogP) is 6.28. The van der Waals surface area contributed by atoms with Crippen LogP contribution in [0.15, 0.2) is 0 Å². The van der Waals surface area contributed by atoms with Crippen LogP contribution in [0.4, 0.5) is 0 Å². The largest absolute Gasteiger partial charge is 2.00 e. The van der Waals surface area contributed by atoms with Crippen LogP contribution in [0, 0.1) is 92.7 Å². The van der Waals surface area contributed by atoms with Gasteiger partial charge in [-0.2, -0.15) is 0 Å². The van der Waals surface area contributed by atoms with E-state index >= 15 is 0 Å². The molecule has 0 aromatic carbocycles. The molecular formula is C48H78FeO8. The van der Waals surface area contributed by atoms with Crippen LogP contribution in [-0.2, 0) is 26.7 Å². The molecule has 0 aliphatic heterocycles.